The highest BCUT2D eigenvalue weighted by Gasteiger charge is 2.15. The Morgan fingerprint density at radius 2 is 1.52 bits per heavy atom. The van der Waals surface area contributed by atoms with Crippen LogP contribution in [0.3, 0.4) is 0 Å². The van der Waals surface area contributed by atoms with Gasteiger partial charge in [-0.05, 0) is 67.6 Å². The number of hydrogen-bond acceptors (Lipinski definition) is 1. The fraction of sp³-hybridized carbons (Fsp3) is 0.368. The molecule has 2 rings (SSSR count). The molecule has 0 aliphatic carbocycles. The number of nitrogens with one attached hydrogen (secondary N) is 1. The predicted octanol–water partition coefficient (Wildman–Crippen LogP) is 4.84. The lowest BCUT2D eigenvalue weighted by molar-refractivity contribution is 0.582. The molecule has 2 aromatic rings. The summed E-state index contributed by atoms with van der Waals surface area (Å²) in [6, 6.07) is 12.0. The van der Waals surface area contributed by atoms with Gasteiger partial charge in [0.15, 0.2) is 0 Å². The Balaban J connectivity index is 2.41. The van der Waals surface area contributed by atoms with Crippen LogP contribution >= 0.6 is 0 Å². The molecule has 2 heteroatoms. The first-order valence-corrected chi connectivity index (χ1v) is 7.59. The lowest BCUT2D eigenvalue weighted by atomic mass is 9.95. The molecule has 21 heavy (non-hydrogen) atoms. The van der Waals surface area contributed by atoms with Crippen LogP contribution in [0.15, 0.2) is 36.4 Å². The molecular weight excluding hydrogens is 261 g/mol. The SMILES string of the molecule is CCCNC(c1ccc(C)c(C)c1)c1ccc(C)c(F)c1. The fourth-order valence-electron chi connectivity index (χ4n) is 2.45. The van der Waals surface area contributed by atoms with Crippen LogP contribution in [-0.2, 0) is 0 Å². The molecular formula is C19H24FN. The molecule has 1 nitrogen and oxygen atoms in total. The summed E-state index contributed by atoms with van der Waals surface area (Å²) in [6.07, 6.45) is 1.05. The summed E-state index contributed by atoms with van der Waals surface area (Å²) in [5.41, 5.74) is 5.41. The van der Waals surface area contributed by atoms with E-state index in [2.05, 4.69) is 44.3 Å². The summed E-state index contributed by atoms with van der Waals surface area (Å²) in [4.78, 5) is 0. The maximum absolute atomic E-state index is 13.9. The summed E-state index contributed by atoms with van der Waals surface area (Å²) < 4.78 is 13.9. The van der Waals surface area contributed by atoms with E-state index in [0.29, 0.717) is 5.56 Å². The van der Waals surface area contributed by atoms with Gasteiger partial charge in [-0.1, -0.05) is 37.3 Å². The molecule has 0 heterocycles. The van der Waals surface area contributed by atoms with E-state index in [1.165, 1.54) is 16.7 Å². The third-order valence-electron chi connectivity index (χ3n) is 3.99. The summed E-state index contributed by atoms with van der Waals surface area (Å²) in [5.74, 6) is -0.139. The first-order chi connectivity index (χ1) is 10.0. The largest absolute Gasteiger partial charge is 0.306 e. The van der Waals surface area contributed by atoms with Gasteiger partial charge in [0, 0.05) is 0 Å². The molecule has 0 radical (unpaired) electrons. The Morgan fingerprint density at radius 1 is 0.905 bits per heavy atom. The molecule has 0 amide bonds. The predicted molar refractivity (Wildman–Crippen MR) is 87.2 cm³/mol. The molecule has 0 spiro atoms. The highest BCUT2D eigenvalue weighted by atomic mass is 19.1. The minimum atomic E-state index is -0.139. The minimum absolute atomic E-state index is 0.0411. The van der Waals surface area contributed by atoms with Crippen LogP contribution in [0.5, 0.6) is 0 Å². The van der Waals surface area contributed by atoms with E-state index < -0.39 is 0 Å². The third-order valence-corrected chi connectivity index (χ3v) is 3.99. The third kappa shape index (κ3) is 3.70. The van der Waals surface area contributed by atoms with Crippen LogP contribution in [-0.4, -0.2) is 6.54 Å². The molecule has 1 unspecified atom stereocenters. The van der Waals surface area contributed by atoms with Gasteiger partial charge in [-0.25, -0.2) is 4.39 Å². The first kappa shape index (κ1) is 15.7. The molecule has 0 aliphatic rings. The van der Waals surface area contributed by atoms with Gasteiger partial charge in [0.2, 0.25) is 0 Å². The van der Waals surface area contributed by atoms with Crippen LogP contribution in [0.1, 0.15) is 47.2 Å². The van der Waals surface area contributed by atoms with Crippen molar-refractivity contribution >= 4 is 0 Å². The fourth-order valence-corrected chi connectivity index (χ4v) is 2.45. The number of benzene rings is 2. The number of rotatable bonds is 5. The topological polar surface area (TPSA) is 12.0 Å². The van der Waals surface area contributed by atoms with Crippen molar-refractivity contribution in [1.29, 1.82) is 0 Å². The lowest BCUT2D eigenvalue weighted by Gasteiger charge is -2.21. The summed E-state index contributed by atoms with van der Waals surface area (Å²) in [6.45, 7) is 9.07. The Kier molecular flexibility index (Phi) is 5.13. The highest BCUT2D eigenvalue weighted by Crippen LogP contribution is 2.25. The van der Waals surface area contributed by atoms with Crippen LogP contribution in [0.4, 0.5) is 4.39 Å². The molecule has 1 N–H and O–H groups in total. The number of halogens is 1. The summed E-state index contributed by atoms with van der Waals surface area (Å²) in [5, 5.41) is 3.53. The van der Waals surface area contributed by atoms with Gasteiger partial charge in [-0.3, -0.25) is 0 Å². The standard InChI is InChI=1S/C19H24FN/c1-5-10-21-19(16-8-6-13(2)15(4)11-16)17-9-7-14(3)18(20)12-17/h6-9,11-12,19,21H,5,10H2,1-4H3. The Labute approximate surface area is 127 Å². The molecule has 1 atom stereocenters. The molecule has 0 fully saturated rings. The van der Waals surface area contributed by atoms with E-state index in [4.69, 9.17) is 0 Å². The maximum Gasteiger partial charge on any atom is 0.126 e. The van der Waals surface area contributed by atoms with Crippen molar-refractivity contribution < 1.29 is 4.39 Å². The molecule has 0 saturated heterocycles. The Morgan fingerprint density at radius 3 is 2.10 bits per heavy atom. The van der Waals surface area contributed by atoms with Crippen molar-refractivity contribution in [3.63, 3.8) is 0 Å². The van der Waals surface area contributed by atoms with Crippen molar-refractivity contribution in [3.05, 3.63) is 70.0 Å². The van der Waals surface area contributed by atoms with E-state index in [0.717, 1.165) is 18.5 Å². The highest BCUT2D eigenvalue weighted by molar-refractivity contribution is 5.38. The molecule has 0 saturated carbocycles. The zero-order chi connectivity index (χ0) is 15.4. The smallest absolute Gasteiger partial charge is 0.126 e. The van der Waals surface area contributed by atoms with E-state index in [-0.39, 0.29) is 11.9 Å². The Bertz CT molecular complexity index is 567. The van der Waals surface area contributed by atoms with E-state index in [1.807, 2.05) is 12.1 Å². The van der Waals surface area contributed by atoms with Crippen molar-refractivity contribution in [2.45, 2.75) is 40.2 Å². The number of hydrogen-bond donors (Lipinski definition) is 1. The Hall–Kier alpha value is -1.67. The second kappa shape index (κ2) is 6.86. The molecule has 2 aromatic carbocycles. The zero-order valence-electron chi connectivity index (χ0n) is 13.3. The quantitative estimate of drug-likeness (QED) is 0.829. The van der Waals surface area contributed by atoms with E-state index in [1.54, 1.807) is 13.0 Å². The molecule has 112 valence electrons. The second-order valence-electron chi connectivity index (χ2n) is 5.74. The van der Waals surface area contributed by atoms with E-state index >= 15 is 0 Å². The van der Waals surface area contributed by atoms with Crippen LogP contribution in [0.25, 0.3) is 0 Å². The van der Waals surface area contributed by atoms with Crippen molar-refractivity contribution in [1.82, 2.24) is 5.32 Å². The van der Waals surface area contributed by atoms with Crippen molar-refractivity contribution in [2.24, 2.45) is 0 Å². The van der Waals surface area contributed by atoms with Gasteiger partial charge in [0.25, 0.3) is 0 Å². The van der Waals surface area contributed by atoms with Gasteiger partial charge in [-0.15, -0.1) is 0 Å². The van der Waals surface area contributed by atoms with E-state index in [9.17, 15) is 4.39 Å². The van der Waals surface area contributed by atoms with Crippen molar-refractivity contribution in [3.8, 4) is 0 Å². The zero-order valence-corrected chi connectivity index (χ0v) is 13.3. The van der Waals surface area contributed by atoms with Gasteiger partial charge in [0.05, 0.1) is 6.04 Å². The average Bonchev–Trinajstić information content (AvgIpc) is 2.46. The molecule has 0 aromatic heterocycles. The first-order valence-electron chi connectivity index (χ1n) is 7.59. The molecule has 0 bridgehead atoms. The van der Waals surface area contributed by atoms with Crippen LogP contribution < -0.4 is 5.32 Å². The lowest BCUT2D eigenvalue weighted by Crippen LogP contribution is -2.23. The van der Waals surface area contributed by atoms with Crippen LogP contribution in [0, 0.1) is 26.6 Å². The summed E-state index contributed by atoms with van der Waals surface area (Å²) in [7, 11) is 0. The maximum atomic E-state index is 13.9. The minimum Gasteiger partial charge on any atom is -0.306 e. The number of aryl methyl sites for hydroxylation is 3. The van der Waals surface area contributed by atoms with Gasteiger partial charge >= 0.3 is 0 Å². The monoisotopic (exact) mass is 285 g/mol. The van der Waals surface area contributed by atoms with Gasteiger partial charge < -0.3 is 5.32 Å². The molecule has 0 aliphatic heterocycles. The van der Waals surface area contributed by atoms with Gasteiger partial charge in [0.1, 0.15) is 5.82 Å². The van der Waals surface area contributed by atoms with Crippen LogP contribution in [0.2, 0.25) is 0 Å². The summed E-state index contributed by atoms with van der Waals surface area (Å²) >= 11 is 0. The normalized spacial score (nSPS) is 12.4. The second-order valence-corrected chi connectivity index (χ2v) is 5.74. The average molecular weight is 285 g/mol. The van der Waals surface area contributed by atoms with Gasteiger partial charge in [-0.2, -0.15) is 0 Å². The van der Waals surface area contributed by atoms with Crippen molar-refractivity contribution in [2.75, 3.05) is 6.54 Å².